The fourth-order valence-electron chi connectivity index (χ4n) is 2.76. The lowest BCUT2D eigenvalue weighted by Crippen LogP contribution is -2.06. The number of aliphatic carboxylic acids is 1. The molecule has 3 nitrogen and oxygen atoms in total. The summed E-state index contributed by atoms with van der Waals surface area (Å²) in [5.74, 6) is 0.0217. The molecule has 3 heteroatoms. The van der Waals surface area contributed by atoms with E-state index in [0.717, 1.165) is 24.2 Å². The van der Waals surface area contributed by atoms with Crippen LogP contribution in [0, 0.1) is 0 Å². The Hall–Kier alpha value is -1.77. The molecule has 0 bridgehead atoms. The van der Waals surface area contributed by atoms with E-state index in [-0.39, 0.29) is 0 Å². The topological polar surface area (TPSA) is 46.5 Å². The Kier molecular flexibility index (Phi) is 10.7. The Balaban J connectivity index is 2.36. The van der Waals surface area contributed by atoms with Crippen LogP contribution in [0.5, 0.6) is 5.75 Å². The number of para-hydroxylation sites is 1. The SMILES string of the molecule is CCCCCCCCCC(CCOc1ccccc1)=C(C)C(=O)O. The third-order valence-electron chi connectivity index (χ3n) is 4.35. The van der Waals surface area contributed by atoms with E-state index in [4.69, 9.17) is 4.74 Å². The zero-order chi connectivity index (χ0) is 17.6. The highest BCUT2D eigenvalue weighted by atomic mass is 16.5. The monoisotopic (exact) mass is 332 g/mol. The number of carboxylic acids is 1. The number of hydrogen-bond acceptors (Lipinski definition) is 2. The molecule has 134 valence electrons. The summed E-state index contributed by atoms with van der Waals surface area (Å²) in [7, 11) is 0. The predicted octanol–water partition coefficient (Wildman–Crippen LogP) is 6.00. The van der Waals surface area contributed by atoms with Gasteiger partial charge in [-0.3, -0.25) is 0 Å². The number of carbonyl (C=O) groups is 1. The van der Waals surface area contributed by atoms with Gasteiger partial charge in [0.05, 0.1) is 6.61 Å². The van der Waals surface area contributed by atoms with E-state index in [1.807, 2.05) is 30.3 Å². The van der Waals surface area contributed by atoms with Crippen molar-refractivity contribution in [3.63, 3.8) is 0 Å². The summed E-state index contributed by atoms with van der Waals surface area (Å²) in [6, 6.07) is 9.67. The van der Waals surface area contributed by atoms with Crippen LogP contribution >= 0.6 is 0 Å². The minimum atomic E-state index is -0.812. The number of unbranched alkanes of at least 4 members (excludes halogenated alkanes) is 6. The Labute approximate surface area is 146 Å². The number of rotatable bonds is 13. The lowest BCUT2D eigenvalue weighted by molar-refractivity contribution is -0.132. The summed E-state index contributed by atoms with van der Waals surface area (Å²) in [6.07, 6.45) is 10.2. The van der Waals surface area contributed by atoms with E-state index in [2.05, 4.69) is 6.92 Å². The van der Waals surface area contributed by atoms with Gasteiger partial charge in [-0.25, -0.2) is 4.79 Å². The quantitative estimate of drug-likeness (QED) is 0.356. The fraction of sp³-hybridized carbons (Fsp3) is 0.571. The van der Waals surface area contributed by atoms with Crippen molar-refractivity contribution in [3.05, 3.63) is 41.5 Å². The largest absolute Gasteiger partial charge is 0.493 e. The molecule has 1 rings (SSSR count). The fourth-order valence-corrected chi connectivity index (χ4v) is 2.76. The molecule has 24 heavy (non-hydrogen) atoms. The number of benzene rings is 1. The molecule has 1 aromatic rings. The first-order valence-electron chi connectivity index (χ1n) is 9.25. The van der Waals surface area contributed by atoms with Gasteiger partial charge in [0, 0.05) is 12.0 Å². The molecule has 0 amide bonds. The Morgan fingerprint density at radius 3 is 2.21 bits per heavy atom. The average Bonchev–Trinajstić information content (AvgIpc) is 2.59. The highest BCUT2D eigenvalue weighted by Gasteiger charge is 2.09. The van der Waals surface area contributed by atoms with Gasteiger partial charge >= 0.3 is 5.97 Å². The number of hydrogen-bond donors (Lipinski definition) is 1. The lowest BCUT2D eigenvalue weighted by Gasteiger charge is -2.12. The van der Waals surface area contributed by atoms with Crippen molar-refractivity contribution in [2.45, 2.75) is 71.6 Å². The maximum absolute atomic E-state index is 11.3. The first kappa shape index (κ1) is 20.3. The van der Waals surface area contributed by atoms with Gasteiger partial charge in [0.2, 0.25) is 0 Å². The summed E-state index contributed by atoms with van der Waals surface area (Å²) in [5, 5.41) is 9.27. The molecular formula is C21H32O3. The minimum absolute atomic E-state index is 0.484. The van der Waals surface area contributed by atoms with Gasteiger partial charge in [-0.05, 0) is 31.9 Å². The third kappa shape index (κ3) is 8.76. The normalized spacial score (nSPS) is 11.9. The van der Waals surface area contributed by atoms with Crippen LogP contribution in [0.1, 0.15) is 71.6 Å². The Bertz CT molecular complexity index is 491. The van der Waals surface area contributed by atoms with Crippen molar-refractivity contribution >= 4 is 5.97 Å². The van der Waals surface area contributed by atoms with Crippen LogP contribution in [0.2, 0.25) is 0 Å². The van der Waals surface area contributed by atoms with Crippen molar-refractivity contribution < 1.29 is 14.6 Å². The highest BCUT2D eigenvalue weighted by molar-refractivity contribution is 5.86. The summed E-state index contributed by atoms with van der Waals surface area (Å²) < 4.78 is 5.71. The van der Waals surface area contributed by atoms with Gasteiger partial charge in [-0.2, -0.15) is 0 Å². The van der Waals surface area contributed by atoms with E-state index >= 15 is 0 Å². The molecule has 1 N–H and O–H groups in total. The van der Waals surface area contributed by atoms with Crippen molar-refractivity contribution in [1.29, 1.82) is 0 Å². The average molecular weight is 332 g/mol. The van der Waals surface area contributed by atoms with Crippen LogP contribution in [-0.2, 0) is 4.79 Å². The van der Waals surface area contributed by atoms with Crippen LogP contribution in [0.15, 0.2) is 41.5 Å². The Morgan fingerprint density at radius 1 is 0.958 bits per heavy atom. The van der Waals surface area contributed by atoms with Gasteiger partial charge in [-0.1, -0.05) is 69.2 Å². The van der Waals surface area contributed by atoms with Crippen molar-refractivity contribution in [1.82, 2.24) is 0 Å². The van der Waals surface area contributed by atoms with Gasteiger partial charge < -0.3 is 9.84 Å². The van der Waals surface area contributed by atoms with Crippen LogP contribution < -0.4 is 4.74 Å². The second-order valence-electron chi connectivity index (χ2n) is 6.32. The first-order valence-corrected chi connectivity index (χ1v) is 9.25. The van der Waals surface area contributed by atoms with Gasteiger partial charge in [0.25, 0.3) is 0 Å². The third-order valence-corrected chi connectivity index (χ3v) is 4.35. The lowest BCUT2D eigenvalue weighted by atomic mass is 9.99. The molecule has 0 aliphatic heterocycles. The maximum atomic E-state index is 11.3. The van der Waals surface area contributed by atoms with Crippen molar-refractivity contribution in [2.24, 2.45) is 0 Å². The molecule has 0 saturated heterocycles. The zero-order valence-electron chi connectivity index (χ0n) is 15.2. The summed E-state index contributed by atoms with van der Waals surface area (Å²) in [6.45, 7) is 4.46. The molecule has 0 fully saturated rings. The molecule has 1 aromatic carbocycles. The van der Waals surface area contributed by atoms with Gasteiger partial charge in [0.1, 0.15) is 5.75 Å². The van der Waals surface area contributed by atoms with E-state index < -0.39 is 5.97 Å². The second-order valence-corrected chi connectivity index (χ2v) is 6.32. The minimum Gasteiger partial charge on any atom is -0.493 e. The molecule has 0 aromatic heterocycles. The van der Waals surface area contributed by atoms with E-state index in [0.29, 0.717) is 18.6 Å². The van der Waals surface area contributed by atoms with Crippen LogP contribution in [0.25, 0.3) is 0 Å². The molecule has 0 aliphatic rings. The zero-order valence-corrected chi connectivity index (χ0v) is 15.2. The van der Waals surface area contributed by atoms with Gasteiger partial charge in [0.15, 0.2) is 0 Å². The second kappa shape index (κ2) is 12.6. The summed E-state index contributed by atoms with van der Waals surface area (Å²) in [4.78, 5) is 11.3. The predicted molar refractivity (Wildman–Crippen MR) is 99.5 cm³/mol. The maximum Gasteiger partial charge on any atom is 0.331 e. The first-order chi connectivity index (χ1) is 11.6. The molecule has 0 radical (unpaired) electrons. The van der Waals surface area contributed by atoms with Gasteiger partial charge in [-0.15, -0.1) is 0 Å². The van der Waals surface area contributed by atoms with E-state index in [1.165, 1.54) is 38.5 Å². The molecule has 0 spiro atoms. The molecular weight excluding hydrogens is 300 g/mol. The van der Waals surface area contributed by atoms with Crippen LogP contribution in [0.4, 0.5) is 0 Å². The standard InChI is InChI=1S/C21H32O3/c1-3-4-5-6-7-8-10-13-19(18(2)21(22)23)16-17-24-20-14-11-9-12-15-20/h9,11-12,14-15H,3-8,10,13,16-17H2,1-2H3,(H,22,23). The van der Waals surface area contributed by atoms with E-state index in [9.17, 15) is 9.90 Å². The van der Waals surface area contributed by atoms with Crippen LogP contribution in [-0.4, -0.2) is 17.7 Å². The van der Waals surface area contributed by atoms with Crippen molar-refractivity contribution in [3.8, 4) is 5.75 Å². The molecule has 0 aliphatic carbocycles. The number of ether oxygens (including phenoxy) is 1. The van der Waals surface area contributed by atoms with Crippen molar-refractivity contribution in [2.75, 3.05) is 6.61 Å². The smallest absolute Gasteiger partial charge is 0.331 e. The summed E-state index contributed by atoms with van der Waals surface area (Å²) in [5.41, 5.74) is 1.50. The van der Waals surface area contributed by atoms with E-state index in [1.54, 1.807) is 6.92 Å². The molecule has 0 heterocycles. The molecule has 0 atom stereocenters. The summed E-state index contributed by atoms with van der Waals surface area (Å²) >= 11 is 0. The number of carboxylic acid groups (broad SMARTS) is 1. The molecule has 0 saturated carbocycles. The Morgan fingerprint density at radius 2 is 1.58 bits per heavy atom. The van der Waals surface area contributed by atoms with Crippen LogP contribution in [0.3, 0.4) is 0 Å². The molecule has 0 unspecified atom stereocenters. The highest BCUT2D eigenvalue weighted by Crippen LogP contribution is 2.19.